The van der Waals surface area contributed by atoms with E-state index in [4.69, 9.17) is 16.0 Å². The fourth-order valence-corrected chi connectivity index (χ4v) is 4.86. The lowest BCUT2D eigenvalue weighted by molar-refractivity contribution is 0.246. The smallest absolute Gasteiger partial charge is 0.319 e. The first kappa shape index (κ1) is 22.2. The van der Waals surface area contributed by atoms with Crippen LogP contribution in [0.25, 0.3) is 22.2 Å². The summed E-state index contributed by atoms with van der Waals surface area (Å²) in [6.07, 6.45) is 2.97. The number of fused-ring (bicyclic) bond motifs is 2. The van der Waals surface area contributed by atoms with Crippen molar-refractivity contribution in [2.75, 3.05) is 5.32 Å². The van der Waals surface area contributed by atoms with Gasteiger partial charge >= 0.3 is 6.03 Å². The Morgan fingerprint density at radius 2 is 2.09 bits per heavy atom. The van der Waals surface area contributed by atoms with Gasteiger partial charge in [-0.05, 0) is 59.7 Å². The number of urea groups is 1. The van der Waals surface area contributed by atoms with Crippen LogP contribution < -0.4 is 16.2 Å². The highest BCUT2D eigenvalue weighted by Crippen LogP contribution is 2.34. The van der Waals surface area contributed by atoms with Gasteiger partial charge in [0.15, 0.2) is 11.5 Å². The van der Waals surface area contributed by atoms with Gasteiger partial charge in [-0.1, -0.05) is 24.6 Å². The number of carbonyl (C=O) groups is 1. The quantitative estimate of drug-likeness (QED) is 0.359. The van der Waals surface area contributed by atoms with Gasteiger partial charge in [-0.2, -0.15) is 0 Å². The van der Waals surface area contributed by atoms with Crippen LogP contribution >= 0.6 is 11.6 Å². The molecule has 0 spiro atoms. The number of H-pyrrole nitrogens is 1. The molecule has 1 aliphatic carbocycles. The van der Waals surface area contributed by atoms with E-state index in [9.17, 15) is 14.0 Å². The second-order valence-electron chi connectivity index (χ2n) is 8.64. The Kier molecular flexibility index (Phi) is 5.61. The van der Waals surface area contributed by atoms with E-state index < -0.39 is 11.8 Å². The summed E-state index contributed by atoms with van der Waals surface area (Å²) in [6, 6.07) is 8.84. The van der Waals surface area contributed by atoms with Gasteiger partial charge in [0, 0.05) is 30.8 Å². The Morgan fingerprint density at radius 3 is 2.91 bits per heavy atom. The summed E-state index contributed by atoms with van der Waals surface area (Å²) >= 11 is 6.44. The molecule has 5 rings (SSSR count). The molecule has 2 aromatic heterocycles. The number of anilines is 1. The molecule has 7 nitrogen and oxygen atoms in total. The van der Waals surface area contributed by atoms with Gasteiger partial charge in [-0.25, -0.2) is 14.2 Å². The summed E-state index contributed by atoms with van der Waals surface area (Å²) in [5.41, 5.74) is 4.24. The van der Waals surface area contributed by atoms with Crippen molar-refractivity contribution in [3.63, 3.8) is 0 Å². The average molecular weight is 481 g/mol. The van der Waals surface area contributed by atoms with E-state index in [0.717, 1.165) is 11.1 Å². The number of aromatic nitrogens is 2. The van der Waals surface area contributed by atoms with Crippen LogP contribution in [-0.2, 0) is 6.42 Å². The second-order valence-corrected chi connectivity index (χ2v) is 9.05. The Bertz CT molecular complexity index is 1480. The molecule has 2 aromatic carbocycles. The molecule has 174 valence electrons. The van der Waals surface area contributed by atoms with Crippen LogP contribution in [-0.4, -0.2) is 22.0 Å². The number of halogens is 2. The third kappa shape index (κ3) is 4.28. The number of hydrogen-bond donors (Lipinski definition) is 3. The van der Waals surface area contributed by atoms with E-state index in [2.05, 4.69) is 20.6 Å². The fourth-order valence-electron chi connectivity index (χ4n) is 4.59. The minimum Gasteiger partial charge on any atom is -0.441 e. The number of aromatic amines is 1. The monoisotopic (exact) mass is 480 g/mol. The molecule has 0 radical (unpaired) electrons. The van der Waals surface area contributed by atoms with Gasteiger partial charge in [-0.3, -0.25) is 4.79 Å². The summed E-state index contributed by atoms with van der Waals surface area (Å²) in [7, 11) is 0. The number of carbonyl (C=O) groups excluding carboxylic acids is 1. The number of amides is 2. The standard InChI is InChI=1S/C25H22ClFN4O3/c1-12-5-16(6-15-8-24(32)28-11-18(12)15)30-25(33)31-21-10-19(26)17(9-20(21)27)14-3-4-23-22(7-14)29-13(2)34-23/h3-4,7-12,16H,5-6H2,1-2H3,(H,28,32)(H2,30,31,33). The van der Waals surface area contributed by atoms with Crippen LogP contribution in [0, 0.1) is 12.7 Å². The van der Waals surface area contributed by atoms with Crippen LogP contribution in [0.2, 0.25) is 5.02 Å². The molecule has 0 bridgehead atoms. The van der Waals surface area contributed by atoms with E-state index >= 15 is 0 Å². The number of aryl methyl sites for hydroxylation is 1. The lowest BCUT2D eigenvalue weighted by Gasteiger charge is -2.29. The number of benzene rings is 2. The van der Waals surface area contributed by atoms with Crippen molar-refractivity contribution < 1.29 is 13.6 Å². The zero-order valence-corrected chi connectivity index (χ0v) is 19.3. The largest absolute Gasteiger partial charge is 0.441 e. The van der Waals surface area contributed by atoms with Crippen LogP contribution in [0.4, 0.5) is 14.9 Å². The molecule has 9 heteroatoms. The maximum atomic E-state index is 14.9. The predicted molar refractivity (Wildman–Crippen MR) is 129 cm³/mol. The van der Waals surface area contributed by atoms with Crippen molar-refractivity contribution >= 4 is 34.4 Å². The third-order valence-electron chi connectivity index (χ3n) is 6.13. The van der Waals surface area contributed by atoms with Gasteiger partial charge in [0.2, 0.25) is 5.56 Å². The summed E-state index contributed by atoms with van der Waals surface area (Å²) in [6.45, 7) is 3.79. The summed E-state index contributed by atoms with van der Waals surface area (Å²) in [5, 5.41) is 5.73. The van der Waals surface area contributed by atoms with Crippen molar-refractivity contribution in [2.24, 2.45) is 0 Å². The highest BCUT2D eigenvalue weighted by Gasteiger charge is 2.26. The topological polar surface area (TPSA) is 100 Å². The zero-order chi connectivity index (χ0) is 24.0. The van der Waals surface area contributed by atoms with Gasteiger partial charge in [0.1, 0.15) is 11.3 Å². The lowest BCUT2D eigenvalue weighted by Crippen LogP contribution is -2.42. The Labute approximate surface area is 199 Å². The number of nitrogens with one attached hydrogen (secondary N) is 3. The molecule has 0 saturated heterocycles. The Morgan fingerprint density at radius 1 is 1.26 bits per heavy atom. The van der Waals surface area contributed by atoms with Crippen LogP contribution in [0.3, 0.4) is 0 Å². The van der Waals surface area contributed by atoms with E-state index in [1.807, 2.05) is 6.92 Å². The first-order valence-electron chi connectivity index (χ1n) is 10.9. The van der Waals surface area contributed by atoms with E-state index in [1.165, 1.54) is 12.1 Å². The normalized spacial score (nSPS) is 17.4. The van der Waals surface area contributed by atoms with Crippen molar-refractivity contribution in [3.8, 4) is 11.1 Å². The first-order valence-corrected chi connectivity index (χ1v) is 11.3. The van der Waals surface area contributed by atoms with Crippen molar-refractivity contribution in [2.45, 2.75) is 38.6 Å². The highest BCUT2D eigenvalue weighted by atomic mass is 35.5. The summed E-state index contributed by atoms with van der Waals surface area (Å²) in [4.78, 5) is 31.3. The third-order valence-corrected chi connectivity index (χ3v) is 6.44. The van der Waals surface area contributed by atoms with Gasteiger partial charge in [-0.15, -0.1) is 0 Å². The van der Waals surface area contributed by atoms with Gasteiger partial charge in [0.25, 0.3) is 0 Å². The fraction of sp³-hybridized carbons (Fsp3) is 0.240. The summed E-state index contributed by atoms with van der Waals surface area (Å²) < 4.78 is 20.4. The Balaban J connectivity index is 1.32. The molecule has 2 unspecified atom stereocenters. The molecule has 4 aromatic rings. The summed E-state index contributed by atoms with van der Waals surface area (Å²) in [5.74, 6) is 0.0970. The van der Waals surface area contributed by atoms with Crippen molar-refractivity contribution in [3.05, 3.63) is 80.8 Å². The number of rotatable bonds is 3. The highest BCUT2D eigenvalue weighted by molar-refractivity contribution is 6.33. The SMILES string of the molecule is Cc1nc2cc(-c3cc(F)c(NC(=O)NC4Cc5cc(=O)[nH]cc5C(C)C4)cc3Cl)ccc2o1. The van der Waals surface area contributed by atoms with E-state index in [0.29, 0.717) is 41.0 Å². The molecule has 2 atom stereocenters. The van der Waals surface area contributed by atoms with Crippen molar-refractivity contribution in [1.29, 1.82) is 0 Å². The molecular formula is C25H22ClFN4O3. The maximum absolute atomic E-state index is 14.9. The van der Waals surface area contributed by atoms with E-state index in [1.54, 1.807) is 37.4 Å². The maximum Gasteiger partial charge on any atom is 0.319 e. The molecule has 0 saturated carbocycles. The molecule has 0 fully saturated rings. The molecule has 3 N–H and O–H groups in total. The molecule has 1 aliphatic rings. The molecule has 0 aliphatic heterocycles. The van der Waals surface area contributed by atoms with Crippen molar-refractivity contribution in [1.82, 2.24) is 15.3 Å². The zero-order valence-electron chi connectivity index (χ0n) is 18.5. The first-order chi connectivity index (χ1) is 16.3. The lowest BCUT2D eigenvalue weighted by atomic mass is 9.82. The van der Waals surface area contributed by atoms with Crippen LogP contribution in [0.15, 0.2) is 51.8 Å². The molecule has 34 heavy (non-hydrogen) atoms. The van der Waals surface area contributed by atoms with Crippen LogP contribution in [0.1, 0.15) is 36.3 Å². The molecular weight excluding hydrogens is 459 g/mol. The van der Waals surface area contributed by atoms with Gasteiger partial charge < -0.3 is 20.0 Å². The van der Waals surface area contributed by atoms with Crippen LogP contribution in [0.5, 0.6) is 0 Å². The minimum absolute atomic E-state index is 0.0229. The minimum atomic E-state index is -0.611. The second kappa shape index (κ2) is 8.61. The number of hydrogen-bond acceptors (Lipinski definition) is 4. The molecule has 2 heterocycles. The van der Waals surface area contributed by atoms with Gasteiger partial charge in [0.05, 0.1) is 10.7 Å². The predicted octanol–water partition coefficient (Wildman–Crippen LogP) is 5.52. The number of oxazole rings is 1. The Hall–Kier alpha value is -3.65. The number of pyridine rings is 1. The average Bonchev–Trinajstić information content (AvgIpc) is 3.14. The van der Waals surface area contributed by atoms with E-state index in [-0.39, 0.29) is 28.2 Å². The number of nitrogens with zero attached hydrogens (tertiary/aromatic N) is 1. The molecule has 2 amide bonds.